The zero-order valence-corrected chi connectivity index (χ0v) is 11.3. The number of aliphatic hydroxyl groups is 1. The first-order valence-electron chi connectivity index (χ1n) is 6.07. The summed E-state index contributed by atoms with van der Waals surface area (Å²) in [5, 5.41) is 28.2. The molecule has 1 unspecified atom stereocenters. The van der Waals surface area contributed by atoms with Crippen molar-refractivity contribution in [3.8, 4) is 5.75 Å². The van der Waals surface area contributed by atoms with Crippen molar-refractivity contribution in [1.29, 1.82) is 0 Å². The van der Waals surface area contributed by atoms with Gasteiger partial charge in [-0.3, -0.25) is 4.99 Å². The number of aromatic carboxylic acids is 1. The predicted octanol–water partition coefficient (Wildman–Crippen LogP) is 1.94. The second kappa shape index (κ2) is 5.28. The van der Waals surface area contributed by atoms with Crippen LogP contribution in [0, 0.1) is 0 Å². The van der Waals surface area contributed by atoms with Crippen molar-refractivity contribution in [2.75, 3.05) is 0 Å². The van der Waals surface area contributed by atoms with Crippen molar-refractivity contribution in [3.63, 3.8) is 0 Å². The van der Waals surface area contributed by atoms with Crippen LogP contribution in [-0.2, 0) is 9.53 Å². The summed E-state index contributed by atoms with van der Waals surface area (Å²) in [5.41, 5.74) is 0.193. The first-order chi connectivity index (χ1) is 9.81. The van der Waals surface area contributed by atoms with Crippen LogP contribution in [0.5, 0.6) is 5.75 Å². The Hall–Kier alpha value is -2.83. The highest BCUT2D eigenvalue weighted by atomic mass is 16.6. The molecule has 0 bridgehead atoms. The highest BCUT2D eigenvalue weighted by Crippen LogP contribution is 2.27. The van der Waals surface area contributed by atoms with E-state index >= 15 is 0 Å². The molecular formula is C14H13NO6. The monoisotopic (exact) mass is 291 g/mol. The molecule has 7 nitrogen and oxygen atoms in total. The van der Waals surface area contributed by atoms with E-state index in [1.54, 1.807) is 0 Å². The molecule has 1 heterocycles. The van der Waals surface area contributed by atoms with Gasteiger partial charge in [0.2, 0.25) is 0 Å². The van der Waals surface area contributed by atoms with Crippen molar-refractivity contribution < 1.29 is 29.6 Å². The van der Waals surface area contributed by atoms with Gasteiger partial charge in [-0.2, -0.15) is 0 Å². The van der Waals surface area contributed by atoms with Gasteiger partial charge >= 0.3 is 11.9 Å². The normalized spacial score (nSPS) is 18.9. The zero-order valence-electron chi connectivity index (χ0n) is 11.3. The molecule has 0 amide bonds. The van der Waals surface area contributed by atoms with Gasteiger partial charge in [0.05, 0.1) is 11.4 Å². The molecule has 1 atom stereocenters. The van der Waals surface area contributed by atoms with E-state index in [2.05, 4.69) is 4.99 Å². The average Bonchev–Trinajstić information content (AvgIpc) is 2.62. The summed E-state index contributed by atoms with van der Waals surface area (Å²) in [6.07, 6.45) is -0.722. The third-order valence-corrected chi connectivity index (χ3v) is 3.00. The highest BCUT2D eigenvalue weighted by Gasteiger charge is 2.32. The summed E-state index contributed by atoms with van der Waals surface area (Å²) < 4.78 is 4.85. The topological polar surface area (TPSA) is 116 Å². The van der Waals surface area contributed by atoms with E-state index < -0.39 is 23.8 Å². The van der Waals surface area contributed by atoms with Gasteiger partial charge in [0, 0.05) is 6.07 Å². The number of carbonyl (C=O) groups is 2. The lowest BCUT2D eigenvalue weighted by Gasteiger charge is -2.03. The highest BCUT2D eigenvalue weighted by molar-refractivity contribution is 6.21. The Labute approximate surface area is 119 Å². The fourth-order valence-corrected chi connectivity index (χ4v) is 1.94. The molecule has 2 rings (SSSR count). The lowest BCUT2D eigenvalue weighted by molar-refractivity contribution is -0.139. The van der Waals surface area contributed by atoms with Crippen molar-refractivity contribution in [1.82, 2.24) is 0 Å². The van der Waals surface area contributed by atoms with Crippen LogP contribution >= 0.6 is 0 Å². The third-order valence-electron chi connectivity index (χ3n) is 3.00. The van der Waals surface area contributed by atoms with Crippen LogP contribution in [0.25, 0.3) is 0 Å². The largest absolute Gasteiger partial charge is 0.507 e. The van der Waals surface area contributed by atoms with Crippen molar-refractivity contribution >= 4 is 23.3 Å². The molecule has 0 saturated carbocycles. The Morgan fingerprint density at radius 3 is 2.48 bits per heavy atom. The Kier molecular flexibility index (Phi) is 3.66. The molecule has 0 fully saturated rings. The summed E-state index contributed by atoms with van der Waals surface area (Å²) in [7, 11) is 0. The number of benzene rings is 1. The predicted molar refractivity (Wildman–Crippen MR) is 73.0 cm³/mol. The number of carboxylic acid groups (broad SMARTS) is 1. The SMILES string of the molecule is CC(=Nc1ccc(C(=O)O)c(O)c1)C1=C(O)C(C)OC1=O. The Bertz CT molecular complexity index is 689. The van der Waals surface area contributed by atoms with Gasteiger partial charge in [0.25, 0.3) is 0 Å². The molecule has 0 aromatic heterocycles. The third kappa shape index (κ3) is 2.71. The number of nitrogens with zero attached hydrogens (tertiary/aromatic N) is 1. The quantitative estimate of drug-likeness (QED) is 0.579. The molecule has 0 aliphatic carbocycles. The van der Waals surface area contributed by atoms with Crippen LogP contribution in [0.3, 0.4) is 0 Å². The Balaban J connectivity index is 2.38. The molecule has 0 saturated heterocycles. The number of hydrogen-bond donors (Lipinski definition) is 3. The minimum atomic E-state index is -1.26. The number of phenols is 1. The van der Waals surface area contributed by atoms with E-state index in [0.29, 0.717) is 0 Å². The van der Waals surface area contributed by atoms with E-state index in [1.165, 1.54) is 26.0 Å². The summed E-state index contributed by atoms with van der Waals surface area (Å²) in [6.45, 7) is 3.04. The number of esters is 1. The van der Waals surface area contributed by atoms with Crippen molar-refractivity contribution in [3.05, 3.63) is 35.1 Å². The van der Waals surface area contributed by atoms with Crippen LogP contribution in [0.2, 0.25) is 0 Å². The van der Waals surface area contributed by atoms with Gasteiger partial charge in [-0.15, -0.1) is 0 Å². The van der Waals surface area contributed by atoms with Crippen LogP contribution in [-0.4, -0.2) is 39.1 Å². The summed E-state index contributed by atoms with van der Waals surface area (Å²) >= 11 is 0. The number of hydrogen-bond acceptors (Lipinski definition) is 6. The lowest BCUT2D eigenvalue weighted by atomic mass is 10.1. The molecule has 3 N–H and O–H groups in total. The van der Waals surface area contributed by atoms with Gasteiger partial charge in [0.1, 0.15) is 22.6 Å². The number of rotatable bonds is 3. The van der Waals surface area contributed by atoms with E-state index in [4.69, 9.17) is 9.84 Å². The van der Waals surface area contributed by atoms with E-state index in [9.17, 15) is 19.8 Å². The molecule has 7 heteroatoms. The zero-order chi connectivity index (χ0) is 15.7. The second-order valence-electron chi connectivity index (χ2n) is 4.51. The fourth-order valence-electron chi connectivity index (χ4n) is 1.94. The molecule has 1 aliphatic heterocycles. The van der Waals surface area contributed by atoms with Gasteiger partial charge in [-0.1, -0.05) is 0 Å². The number of ether oxygens (including phenoxy) is 1. The fraction of sp³-hybridized carbons (Fsp3) is 0.214. The lowest BCUT2D eigenvalue weighted by Crippen LogP contribution is -2.08. The maximum atomic E-state index is 11.6. The Morgan fingerprint density at radius 1 is 1.33 bits per heavy atom. The average molecular weight is 291 g/mol. The molecule has 110 valence electrons. The minimum absolute atomic E-state index is 0.0238. The van der Waals surface area contributed by atoms with Crippen molar-refractivity contribution in [2.45, 2.75) is 20.0 Å². The molecule has 1 aliphatic rings. The molecular weight excluding hydrogens is 278 g/mol. The number of aliphatic hydroxyl groups excluding tert-OH is 1. The smallest absolute Gasteiger partial charge is 0.344 e. The molecule has 0 spiro atoms. The van der Waals surface area contributed by atoms with Crippen molar-refractivity contribution in [2.24, 2.45) is 4.99 Å². The Morgan fingerprint density at radius 2 is 2.00 bits per heavy atom. The number of cyclic esters (lactones) is 1. The van der Waals surface area contributed by atoms with Crippen LogP contribution in [0.15, 0.2) is 34.5 Å². The van der Waals surface area contributed by atoms with Gasteiger partial charge < -0.3 is 20.1 Å². The van der Waals surface area contributed by atoms with E-state index in [0.717, 1.165) is 6.07 Å². The molecule has 1 aromatic carbocycles. The number of carbonyl (C=O) groups excluding carboxylic acids is 1. The van der Waals surface area contributed by atoms with Gasteiger partial charge in [-0.05, 0) is 26.0 Å². The summed E-state index contributed by atoms with van der Waals surface area (Å²) in [4.78, 5) is 26.5. The first-order valence-corrected chi connectivity index (χ1v) is 6.07. The van der Waals surface area contributed by atoms with Crippen LogP contribution in [0.4, 0.5) is 5.69 Å². The maximum Gasteiger partial charge on any atom is 0.344 e. The maximum absolute atomic E-state index is 11.6. The molecule has 1 aromatic rings. The number of aliphatic imine (C=N–C) groups is 1. The van der Waals surface area contributed by atoms with E-state index in [-0.39, 0.29) is 28.3 Å². The van der Waals surface area contributed by atoms with Gasteiger partial charge in [0.15, 0.2) is 6.10 Å². The minimum Gasteiger partial charge on any atom is -0.507 e. The van der Waals surface area contributed by atoms with Gasteiger partial charge in [-0.25, -0.2) is 9.59 Å². The second-order valence-corrected chi connectivity index (χ2v) is 4.51. The standard InChI is InChI=1S/C14H13NO6/c1-6(11-12(17)7(2)21-14(11)20)15-8-3-4-9(13(18)19)10(16)5-8/h3-5,7,16-17H,1-2H3,(H,18,19). The number of aromatic hydroxyl groups is 1. The molecule has 21 heavy (non-hydrogen) atoms. The van der Waals surface area contributed by atoms with Crippen LogP contribution in [0.1, 0.15) is 24.2 Å². The van der Waals surface area contributed by atoms with E-state index in [1.807, 2.05) is 0 Å². The number of carboxylic acids is 1. The molecule has 0 radical (unpaired) electrons. The van der Waals surface area contributed by atoms with Crippen LogP contribution < -0.4 is 0 Å². The summed E-state index contributed by atoms with van der Waals surface area (Å²) in [6, 6.07) is 3.75. The first kappa shape index (κ1) is 14.6. The summed E-state index contributed by atoms with van der Waals surface area (Å²) in [5.74, 6) is -2.56.